The molecule has 0 aliphatic rings. The van der Waals surface area contributed by atoms with Crippen LogP contribution in [0, 0.1) is 0 Å². The average molecular weight is 330 g/mol. The number of halogens is 9. The predicted octanol–water partition coefficient (Wildman–Crippen LogP) is 4.32. The summed E-state index contributed by atoms with van der Waals surface area (Å²) in [6, 6.07) is -1.00. The highest BCUT2D eigenvalue weighted by Gasteiger charge is 2.61. The first-order valence-corrected chi connectivity index (χ1v) is 4.74. The van der Waals surface area contributed by atoms with Crippen LogP contribution in [0.1, 0.15) is 17.2 Å². The molecule has 0 unspecified atom stereocenters. The summed E-state index contributed by atoms with van der Waals surface area (Å²) in [5, 5.41) is 0. The van der Waals surface area contributed by atoms with Crippen LogP contribution in [-0.4, -0.2) is 12.1 Å². The number of rotatable bonds is 2. The summed E-state index contributed by atoms with van der Waals surface area (Å²) in [5.74, 6) is -5.23. The lowest BCUT2D eigenvalue weighted by molar-refractivity contribution is -0.291. The molecule has 1 nitrogen and oxygen atoms in total. The van der Waals surface area contributed by atoms with Gasteiger partial charge in [-0.2, -0.15) is 35.1 Å². The second-order valence-electron chi connectivity index (χ2n) is 3.72. The Morgan fingerprint density at radius 1 is 0.800 bits per heavy atom. The van der Waals surface area contributed by atoms with Crippen molar-refractivity contribution in [3.8, 4) is 0 Å². The Kier molecular flexibility index (Phi) is 5.41. The maximum absolute atomic E-state index is 12.9. The SMILES string of the molecule is Cl.N[C@H](c1ccc(C(F)(F)F)cc1)C(F)(F)C(F)(F)F. The van der Waals surface area contributed by atoms with Crippen LogP contribution in [-0.2, 0) is 6.18 Å². The summed E-state index contributed by atoms with van der Waals surface area (Å²) in [6.07, 6.45) is -10.6. The smallest absolute Gasteiger partial charge is 0.319 e. The number of benzene rings is 1. The van der Waals surface area contributed by atoms with Crippen molar-refractivity contribution in [1.29, 1.82) is 0 Å². The molecule has 1 atom stereocenters. The molecule has 0 saturated heterocycles. The van der Waals surface area contributed by atoms with Gasteiger partial charge in [0.1, 0.15) is 6.04 Å². The van der Waals surface area contributed by atoms with Gasteiger partial charge in [0.15, 0.2) is 0 Å². The van der Waals surface area contributed by atoms with Crippen molar-refractivity contribution in [2.45, 2.75) is 24.3 Å². The quantitative estimate of drug-likeness (QED) is 0.803. The average Bonchev–Trinajstić information content (AvgIpc) is 2.25. The lowest BCUT2D eigenvalue weighted by Gasteiger charge is -2.26. The second-order valence-corrected chi connectivity index (χ2v) is 3.72. The Morgan fingerprint density at radius 2 is 1.20 bits per heavy atom. The second kappa shape index (κ2) is 5.72. The summed E-state index contributed by atoms with van der Waals surface area (Å²) in [4.78, 5) is 0. The predicted molar refractivity (Wildman–Crippen MR) is 56.6 cm³/mol. The van der Waals surface area contributed by atoms with Gasteiger partial charge in [0.05, 0.1) is 5.56 Å². The van der Waals surface area contributed by atoms with Crippen molar-refractivity contribution in [1.82, 2.24) is 0 Å². The maximum atomic E-state index is 12.9. The number of alkyl halides is 8. The van der Waals surface area contributed by atoms with Crippen LogP contribution in [0.25, 0.3) is 0 Å². The molecule has 20 heavy (non-hydrogen) atoms. The van der Waals surface area contributed by atoms with Gasteiger partial charge in [-0.05, 0) is 17.7 Å². The third-order valence-corrected chi connectivity index (χ3v) is 2.37. The van der Waals surface area contributed by atoms with Crippen LogP contribution < -0.4 is 5.73 Å². The van der Waals surface area contributed by atoms with E-state index < -0.39 is 35.4 Å². The van der Waals surface area contributed by atoms with E-state index in [1.807, 2.05) is 0 Å². The first-order valence-electron chi connectivity index (χ1n) is 4.74. The fraction of sp³-hybridized carbons (Fsp3) is 0.400. The minimum absolute atomic E-state index is 0. The monoisotopic (exact) mass is 329 g/mol. The number of hydrogen-bond acceptors (Lipinski definition) is 1. The molecule has 0 heterocycles. The minimum Gasteiger partial charge on any atom is -0.319 e. The van der Waals surface area contributed by atoms with E-state index in [4.69, 9.17) is 5.73 Å². The Balaban J connectivity index is 0.00000361. The third kappa shape index (κ3) is 3.72. The van der Waals surface area contributed by atoms with Crippen molar-refractivity contribution >= 4 is 12.4 Å². The van der Waals surface area contributed by atoms with Crippen molar-refractivity contribution < 1.29 is 35.1 Å². The largest absolute Gasteiger partial charge is 0.455 e. The molecule has 1 aromatic carbocycles. The first kappa shape index (κ1) is 18.9. The van der Waals surface area contributed by atoms with Gasteiger partial charge in [-0.1, -0.05) is 12.1 Å². The molecule has 0 spiro atoms. The van der Waals surface area contributed by atoms with Crippen LogP contribution in [0.2, 0.25) is 0 Å². The zero-order valence-corrected chi connectivity index (χ0v) is 10.2. The molecule has 2 N–H and O–H groups in total. The third-order valence-electron chi connectivity index (χ3n) is 2.37. The number of nitrogens with two attached hydrogens (primary N) is 1. The number of hydrogen-bond donors (Lipinski definition) is 1. The summed E-state index contributed by atoms with van der Waals surface area (Å²) in [6.45, 7) is 0. The van der Waals surface area contributed by atoms with Gasteiger partial charge in [-0.15, -0.1) is 12.4 Å². The van der Waals surface area contributed by atoms with Gasteiger partial charge in [-0.25, -0.2) is 0 Å². The molecule has 116 valence electrons. The summed E-state index contributed by atoms with van der Waals surface area (Å²) in [5.41, 5.74) is 2.86. The highest BCUT2D eigenvalue weighted by Crippen LogP contribution is 2.43. The zero-order valence-electron chi connectivity index (χ0n) is 9.40. The zero-order chi connectivity index (χ0) is 15.1. The normalized spacial score (nSPS) is 14.7. The van der Waals surface area contributed by atoms with Crippen LogP contribution in [0.3, 0.4) is 0 Å². The van der Waals surface area contributed by atoms with Crippen molar-refractivity contribution in [2.75, 3.05) is 0 Å². The molecule has 1 rings (SSSR count). The van der Waals surface area contributed by atoms with Crippen LogP contribution in [0.15, 0.2) is 24.3 Å². The van der Waals surface area contributed by atoms with Gasteiger partial charge >= 0.3 is 18.3 Å². The van der Waals surface area contributed by atoms with Crippen molar-refractivity contribution in [3.63, 3.8) is 0 Å². The van der Waals surface area contributed by atoms with Gasteiger partial charge in [0, 0.05) is 0 Å². The van der Waals surface area contributed by atoms with E-state index in [0.717, 1.165) is 0 Å². The molecule has 0 aliphatic carbocycles. The molecule has 0 bridgehead atoms. The lowest BCUT2D eigenvalue weighted by Crippen LogP contribution is -2.45. The highest BCUT2D eigenvalue weighted by atomic mass is 35.5. The fourth-order valence-corrected chi connectivity index (χ4v) is 1.27. The molecule has 0 fully saturated rings. The van der Waals surface area contributed by atoms with Crippen LogP contribution >= 0.6 is 12.4 Å². The molecule has 10 heteroatoms. The Hall–Kier alpha value is -1.09. The van der Waals surface area contributed by atoms with E-state index in [1.165, 1.54) is 0 Å². The topological polar surface area (TPSA) is 26.0 Å². The molecule has 0 radical (unpaired) electrons. The molecule has 1 aromatic rings. The molecule has 0 amide bonds. The molecule has 0 saturated carbocycles. The summed E-state index contributed by atoms with van der Waals surface area (Å²) >= 11 is 0. The van der Waals surface area contributed by atoms with Gasteiger partial charge in [0.2, 0.25) is 0 Å². The van der Waals surface area contributed by atoms with E-state index >= 15 is 0 Å². The van der Waals surface area contributed by atoms with Crippen LogP contribution in [0.5, 0.6) is 0 Å². The van der Waals surface area contributed by atoms with Crippen LogP contribution in [0.4, 0.5) is 35.1 Å². The van der Waals surface area contributed by atoms with Crippen molar-refractivity contribution in [3.05, 3.63) is 35.4 Å². The Morgan fingerprint density at radius 3 is 1.50 bits per heavy atom. The van der Waals surface area contributed by atoms with Gasteiger partial charge in [-0.3, -0.25) is 0 Å². The van der Waals surface area contributed by atoms with E-state index in [0.29, 0.717) is 24.3 Å². The summed E-state index contributed by atoms with van der Waals surface area (Å²) in [7, 11) is 0. The standard InChI is InChI=1S/C10H7F8N.ClH/c11-8(12,10(16,17)18)7(19)5-1-3-6(4-2-5)9(13,14)15;/h1-4,7H,19H2;1H/t7-;/m1./s1. The lowest BCUT2D eigenvalue weighted by atomic mass is 9.99. The van der Waals surface area contributed by atoms with E-state index in [9.17, 15) is 35.1 Å². The van der Waals surface area contributed by atoms with Crippen molar-refractivity contribution in [2.24, 2.45) is 5.73 Å². The molecule has 0 aliphatic heterocycles. The van der Waals surface area contributed by atoms with Gasteiger partial charge in [0.25, 0.3) is 0 Å². The Bertz CT molecular complexity index is 436. The molecular weight excluding hydrogens is 322 g/mol. The fourth-order valence-electron chi connectivity index (χ4n) is 1.27. The summed E-state index contributed by atoms with van der Waals surface area (Å²) < 4.78 is 98.4. The van der Waals surface area contributed by atoms with Gasteiger partial charge < -0.3 is 5.73 Å². The van der Waals surface area contributed by atoms with E-state index in [-0.39, 0.29) is 12.4 Å². The Labute approximate surface area is 114 Å². The van der Waals surface area contributed by atoms with E-state index in [1.54, 1.807) is 0 Å². The first-order chi connectivity index (χ1) is 8.37. The maximum Gasteiger partial charge on any atom is 0.455 e. The molecular formula is C10H8ClF8N. The molecule has 0 aromatic heterocycles. The minimum atomic E-state index is -5.88. The highest BCUT2D eigenvalue weighted by molar-refractivity contribution is 5.85. The van der Waals surface area contributed by atoms with E-state index in [2.05, 4.69) is 0 Å².